The molecule has 10 nitrogen and oxygen atoms in total. The maximum absolute atomic E-state index is 12.3. The number of amides is 4. The first kappa shape index (κ1) is 20.4. The number of quaternary nitrogens is 2. The highest BCUT2D eigenvalue weighted by atomic mass is 16.7. The van der Waals surface area contributed by atoms with Crippen LogP contribution in [0.25, 0.3) is 0 Å². The molecule has 1 aromatic rings. The van der Waals surface area contributed by atoms with Gasteiger partial charge in [-0.15, -0.1) is 0 Å². The first-order valence-electron chi connectivity index (χ1n) is 10.5. The van der Waals surface area contributed by atoms with E-state index in [9.17, 15) is 14.4 Å². The number of fused-ring (bicyclic) bond motifs is 1. The van der Waals surface area contributed by atoms with E-state index in [4.69, 9.17) is 9.47 Å². The second-order valence-electron chi connectivity index (χ2n) is 8.01. The number of anilines is 1. The van der Waals surface area contributed by atoms with Crippen LogP contribution in [0.3, 0.4) is 0 Å². The molecule has 1 aromatic carbocycles. The summed E-state index contributed by atoms with van der Waals surface area (Å²) in [5.41, 5.74) is 0.525. The Morgan fingerprint density at radius 2 is 1.60 bits per heavy atom. The molecular formula is C20H29N5O5+2. The lowest BCUT2D eigenvalue weighted by Gasteiger charge is -2.29. The summed E-state index contributed by atoms with van der Waals surface area (Å²) >= 11 is 0. The Labute approximate surface area is 175 Å². The van der Waals surface area contributed by atoms with Gasteiger partial charge >= 0.3 is 6.03 Å². The molecule has 3 aliphatic rings. The predicted octanol–water partition coefficient (Wildman–Crippen LogP) is -2.53. The van der Waals surface area contributed by atoms with Gasteiger partial charge in [-0.25, -0.2) is 4.79 Å². The van der Waals surface area contributed by atoms with Crippen molar-refractivity contribution in [2.45, 2.75) is 12.8 Å². The Kier molecular flexibility index (Phi) is 6.34. The zero-order valence-corrected chi connectivity index (χ0v) is 17.0. The third-order valence-electron chi connectivity index (χ3n) is 5.82. The van der Waals surface area contributed by atoms with Gasteiger partial charge in [-0.1, -0.05) is 0 Å². The molecule has 3 heterocycles. The van der Waals surface area contributed by atoms with Crippen molar-refractivity contribution in [2.75, 3.05) is 64.5 Å². The van der Waals surface area contributed by atoms with Crippen LogP contribution >= 0.6 is 0 Å². The fourth-order valence-corrected chi connectivity index (χ4v) is 4.14. The predicted molar refractivity (Wildman–Crippen MR) is 107 cm³/mol. The molecule has 2 fully saturated rings. The van der Waals surface area contributed by atoms with Crippen molar-refractivity contribution in [3.05, 3.63) is 18.2 Å². The normalized spacial score (nSPS) is 22.6. The lowest BCUT2D eigenvalue weighted by Crippen LogP contribution is -3.28. The van der Waals surface area contributed by atoms with Gasteiger partial charge < -0.3 is 29.5 Å². The van der Waals surface area contributed by atoms with Crippen LogP contribution in [0.4, 0.5) is 10.5 Å². The fourth-order valence-electron chi connectivity index (χ4n) is 4.14. The van der Waals surface area contributed by atoms with Gasteiger partial charge in [0, 0.05) is 24.8 Å². The van der Waals surface area contributed by atoms with Crippen LogP contribution in [-0.4, -0.2) is 81.9 Å². The number of carbonyl (C=O) groups is 3. The lowest BCUT2D eigenvalue weighted by molar-refractivity contribution is -1.00. The van der Waals surface area contributed by atoms with Crippen LogP contribution in [0.2, 0.25) is 0 Å². The van der Waals surface area contributed by atoms with Crippen LogP contribution in [0, 0.1) is 0 Å². The van der Waals surface area contributed by atoms with E-state index in [-0.39, 0.29) is 25.2 Å². The van der Waals surface area contributed by atoms with Gasteiger partial charge in [0.2, 0.25) is 6.79 Å². The highest BCUT2D eigenvalue weighted by Gasteiger charge is 2.29. The number of hydrogen-bond acceptors (Lipinski definition) is 5. The minimum atomic E-state index is -0.571. The van der Waals surface area contributed by atoms with Gasteiger partial charge in [-0.2, -0.15) is 0 Å². The lowest BCUT2D eigenvalue weighted by atomic mass is 10.3. The van der Waals surface area contributed by atoms with Crippen molar-refractivity contribution in [2.24, 2.45) is 0 Å². The summed E-state index contributed by atoms with van der Waals surface area (Å²) in [6, 6.07) is 4.48. The summed E-state index contributed by atoms with van der Waals surface area (Å²) < 4.78 is 10.5. The number of imide groups is 1. The Balaban J connectivity index is 1.16. The Bertz CT molecular complexity index is 803. The zero-order chi connectivity index (χ0) is 20.9. The third-order valence-corrected chi connectivity index (χ3v) is 5.82. The van der Waals surface area contributed by atoms with Crippen LogP contribution in [-0.2, 0) is 9.59 Å². The molecule has 0 atom stereocenters. The highest BCUT2D eigenvalue weighted by molar-refractivity contribution is 6.01. The quantitative estimate of drug-likeness (QED) is 0.421. The van der Waals surface area contributed by atoms with Crippen molar-refractivity contribution in [1.82, 2.24) is 10.2 Å². The van der Waals surface area contributed by atoms with Gasteiger partial charge in [0.25, 0.3) is 11.8 Å². The molecule has 0 aromatic heterocycles. The van der Waals surface area contributed by atoms with Gasteiger partial charge in [-0.05, 0) is 25.0 Å². The molecule has 0 radical (unpaired) electrons. The summed E-state index contributed by atoms with van der Waals surface area (Å²) in [5.74, 6) is 1.11. The number of piperazine rings is 1. The van der Waals surface area contributed by atoms with Crippen molar-refractivity contribution < 1.29 is 33.7 Å². The van der Waals surface area contributed by atoms with Crippen molar-refractivity contribution in [3.63, 3.8) is 0 Å². The van der Waals surface area contributed by atoms with E-state index in [1.54, 1.807) is 18.2 Å². The van der Waals surface area contributed by atoms with E-state index in [1.807, 2.05) is 4.90 Å². The first-order valence-corrected chi connectivity index (χ1v) is 10.5. The van der Waals surface area contributed by atoms with E-state index < -0.39 is 6.03 Å². The second-order valence-corrected chi connectivity index (χ2v) is 8.01. The van der Waals surface area contributed by atoms with Crippen LogP contribution < -0.4 is 29.9 Å². The largest absolute Gasteiger partial charge is 0.454 e. The molecule has 162 valence electrons. The Hall–Kier alpha value is -2.85. The molecule has 0 bridgehead atoms. The van der Waals surface area contributed by atoms with Gasteiger partial charge in [0.1, 0.15) is 26.2 Å². The molecule has 2 saturated heterocycles. The smallest absolute Gasteiger partial charge is 0.326 e. The van der Waals surface area contributed by atoms with E-state index in [0.717, 1.165) is 57.0 Å². The number of ether oxygens (including phenoxy) is 2. The Morgan fingerprint density at radius 1 is 0.933 bits per heavy atom. The SMILES string of the molecule is O=C(C[NH+]1CC[NH+](CC(=O)N2CCCC2)CC1)NC(=O)Nc1ccc2c(c1)OCO2. The molecule has 0 aliphatic carbocycles. The van der Waals surface area contributed by atoms with Gasteiger partial charge in [0.15, 0.2) is 24.6 Å². The fraction of sp³-hybridized carbons (Fsp3) is 0.550. The summed E-state index contributed by atoms with van der Waals surface area (Å²) in [7, 11) is 0. The summed E-state index contributed by atoms with van der Waals surface area (Å²) in [6.45, 7) is 6.03. The zero-order valence-electron chi connectivity index (χ0n) is 17.0. The number of hydrogen-bond donors (Lipinski definition) is 4. The molecule has 4 amide bonds. The number of carbonyl (C=O) groups excluding carboxylic acids is 3. The molecule has 10 heteroatoms. The second kappa shape index (κ2) is 9.31. The van der Waals surface area contributed by atoms with Crippen molar-refractivity contribution >= 4 is 23.5 Å². The third kappa shape index (κ3) is 5.19. The van der Waals surface area contributed by atoms with Gasteiger partial charge in [0.05, 0.1) is 0 Å². The number of urea groups is 1. The number of likely N-dealkylation sites (tertiary alicyclic amines) is 1. The monoisotopic (exact) mass is 419 g/mol. The molecule has 0 saturated carbocycles. The van der Waals surface area contributed by atoms with Crippen LogP contribution in [0.15, 0.2) is 18.2 Å². The molecular weight excluding hydrogens is 390 g/mol. The number of nitrogens with one attached hydrogen (secondary N) is 4. The van der Waals surface area contributed by atoms with E-state index in [2.05, 4.69) is 10.6 Å². The van der Waals surface area contributed by atoms with Crippen molar-refractivity contribution in [1.29, 1.82) is 0 Å². The minimum absolute atomic E-state index is 0.160. The first-order chi connectivity index (χ1) is 14.6. The average molecular weight is 419 g/mol. The van der Waals surface area contributed by atoms with Crippen LogP contribution in [0.5, 0.6) is 11.5 Å². The highest BCUT2D eigenvalue weighted by Crippen LogP contribution is 2.34. The molecule has 30 heavy (non-hydrogen) atoms. The van der Waals surface area contributed by atoms with Crippen LogP contribution in [0.1, 0.15) is 12.8 Å². The average Bonchev–Trinajstić information content (AvgIpc) is 3.41. The van der Waals surface area contributed by atoms with E-state index in [0.29, 0.717) is 23.7 Å². The van der Waals surface area contributed by atoms with E-state index >= 15 is 0 Å². The van der Waals surface area contributed by atoms with E-state index in [1.165, 1.54) is 4.90 Å². The summed E-state index contributed by atoms with van der Waals surface area (Å²) in [4.78, 5) is 41.0. The minimum Gasteiger partial charge on any atom is -0.454 e. The summed E-state index contributed by atoms with van der Waals surface area (Å²) in [5, 5.41) is 5.01. The topological polar surface area (TPSA) is 106 Å². The maximum Gasteiger partial charge on any atom is 0.326 e. The molecule has 0 spiro atoms. The maximum atomic E-state index is 12.3. The Morgan fingerprint density at radius 3 is 2.33 bits per heavy atom. The van der Waals surface area contributed by atoms with Gasteiger partial charge in [-0.3, -0.25) is 14.9 Å². The number of rotatable bonds is 5. The molecule has 3 aliphatic heterocycles. The molecule has 4 N–H and O–H groups in total. The summed E-state index contributed by atoms with van der Waals surface area (Å²) in [6.07, 6.45) is 2.21. The number of nitrogens with zero attached hydrogens (tertiary/aromatic N) is 1. The number of benzene rings is 1. The molecule has 0 unspecified atom stereocenters. The van der Waals surface area contributed by atoms with Crippen molar-refractivity contribution in [3.8, 4) is 11.5 Å². The molecule has 4 rings (SSSR count). The standard InChI is InChI=1S/C20H27N5O5/c26-18(22-20(28)21-15-3-4-16-17(11-15)30-14-29-16)12-23-7-9-24(10-8-23)13-19(27)25-5-1-2-6-25/h3-4,11H,1-2,5-10,12-14H2,(H2,21,22,26,28)/p+2.